The van der Waals surface area contributed by atoms with Gasteiger partial charge in [0.15, 0.2) is 0 Å². The van der Waals surface area contributed by atoms with Crippen molar-refractivity contribution in [3.05, 3.63) is 115 Å². The molecule has 1 nitrogen and oxygen atoms in total. The first kappa shape index (κ1) is 21.2. The largest absolute Gasteiger partial charge is 0.416 e. The lowest BCUT2D eigenvalue weighted by molar-refractivity contribution is -0.137. The van der Waals surface area contributed by atoms with Crippen LogP contribution >= 0.6 is 11.3 Å². The topological polar surface area (TPSA) is 4.93 Å². The second-order valence-corrected chi connectivity index (χ2v) is 10.0. The standard InChI is InChI=1S/C31H18F3NS/c32-31(33,34)21-12-14-28-25(18-21)24-16-19(10-13-27(24)35(28)22-6-2-1-3-7-22)20-11-15-30-26(17-20)23-8-4-5-9-29(23)36-30/h1-18H. The molecule has 7 aromatic rings. The Bertz CT molecular complexity index is 1930. The number of rotatable bonds is 2. The van der Waals surface area contributed by atoms with Gasteiger partial charge in [0.2, 0.25) is 0 Å². The van der Waals surface area contributed by atoms with Crippen LogP contribution in [0.3, 0.4) is 0 Å². The van der Waals surface area contributed by atoms with E-state index in [0.717, 1.165) is 39.3 Å². The zero-order valence-corrected chi connectivity index (χ0v) is 19.7. The lowest BCUT2D eigenvalue weighted by Gasteiger charge is -2.09. The molecule has 0 aliphatic heterocycles. The minimum Gasteiger partial charge on any atom is -0.309 e. The van der Waals surface area contributed by atoms with Gasteiger partial charge in [-0.1, -0.05) is 48.5 Å². The van der Waals surface area contributed by atoms with Gasteiger partial charge in [0.05, 0.1) is 16.6 Å². The van der Waals surface area contributed by atoms with Crippen LogP contribution in [0.15, 0.2) is 109 Å². The number of hydrogen-bond donors (Lipinski definition) is 0. The Kier molecular flexibility index (Phi) is 4.54. The van der Waals surface area contributed by atoms with Crippen molar-refractivity contribution in [2.75, 3.05) is 0 Å². The number of alkyl halides is 3. The summed E-state index contributed by atoms with van der Waals surface area (Å²) in [5.41, 5.74) is 3.92. The molecule has 5 aromatic carbocycles. The summed E-state index contributed by atoms with van der Waals surface area (Å²) in [7, 11) is 0. The van der Waals surface area contributed by atoms with Crippen LogP contribution in [0.4, 0.5) is 13.2 Å². The average molecular weight is 494 g/mol. The molecule has 2 heterocycles. The molecule has 0 aliphatic carbocycles. The van der Waals surface area contributed by atoms with Gasteiger partial charge in [0.25, 0.3) is 0 Å². The van der Waals surface area contributed by atoms with Crippen molar-refractivity contribution in [3.8, 4) is 16.8 Å². The van der Waals surface area contributed by atoms with Crippen LogP contribution < -0.4 is 0 Å². The lowest BCUT2D eigenvalue weighted by Crippen LogP contribution is -2.04. The Hall–Kier alpha value is -4.09. The fraction of sp³-hybridized carbons (Fsp3) is 0.0323. The number of halogens is 3. The molecule has 7 rings (SSSR count). The highest BCUT2D eigenvalue weighted by Crippen LogP contribution is 2.40. The number of para-hydroxylation sites is 1. The van der Waals surface area contributed by atoms with Gasteiger partial charge in [-0.15, -0.1) is 11.3 Å². The van der Waals surface area contributed by atoms with Gasteiger partial charge in [-0.05, 0) is 71.8 Å². The number of thiophene rings is 1. The van der Waals surface area contributed by atoms with Crippen LogP contribution in [-0.2, 0) is 6.18 Å². The maximum atomic E-state index is 13.6. The van der Waals surface area contributed by atoms with E-state index < -0.39 is 11.7 Å². The Morgan fingerprint density at radius 2 is 1.14 bits per heavy atom. The van der Waals surface area contributed by atoms with Crippen LogP contribution in [0.25, 0.3) is 58.8 Å². The predicted octanol–water partition coefficient (Wildman–Crippen LogP) is 9.84. The third-order valence-electron chi connectivity index (χ3n) is 6.82. The van der Waals surface area contributed by atoms with Gasteiger partial charge in [-0.2, -0.15) is 13.2 Å². The molecule has 174 valence electrons. The van der Waals surface area contributed by atoms with Crippen LogP contribution in [0, 0.1) is 0 Å². The summed E-state index contributed by atoms with van der Waals surface area (Å²) in [6.07, 6.45) is -4.40. The summed E-state index contributed by atoms with van der Waals surface area (Å²) >= 11 is 1.76. The molecule has 0 N–H and O–H groups in total. The fourth-order valence-corrected chi connectivity index (χ4v) is 6.23. The molecule has 0 saturated heterocycles. The van der Waals surface area contributed by atoms with Crippen LogP contribution in [0.2, 0.25) is 0 Å². The lowest BCUT2D eigenvalue weighted by atomic mass is 10.0. The zero-order chi connectivity index (χ0) is 24.4. The second-order valence-electron chi connectivity index (χ2n) is 8.94. The quantitative estimate of drug-likeness (QED) is 0.226. The normalized spacial score (nSPS) is 12.3. The predicted molar refractivity (Wildman–Crippen MR) is 144 cm³/mol. The smallest absolute Gasteiger partial charge is 0.309 e. The van der Waals surface area contributed by atoms with Gasteiger partial charge < -0.3 is 4.57 Å². The van der Waals surface area contributed by atoms with E-state index in [-0.39, 0.29) is 0 Å². The number of hydrogen-bond acceptors (Lipinski definition) is 1. The third kappa shape index (κ3) is 3.23. The van der Waals surface area contributed by atoms with Gasteiger partial charge in [0.1, 0.15) is 0 Å². The average Bonchev–Trinajstić information content (AvgIpc) is 3.43. The molecule has 0 bridgehead atoms. The molecule has 0 spiro atoms. The number of benzene rings is 5. The molecule has 36 heavy (non-hydrogen) atoms. The molecule has 0 unspecified atom stereocenters. The van der Waals surface area contributed by atoms with Crippen molar-refractivity contribution in [3.63, 3.8) is 0 Å². The third-order valence-corrected chi connectivity index (χ3v) is 7.97. The molecule has 0 fully saturated rings. The van der Waals surface area contributed by atoms with E-state index in [1.807, 2.05) is 59.2 Å². The highest BCUT2D eigenvalue weighted by atomic mass is 32.1. The Morgan fingerprint density at radius 1 is 0.528 bits per heavy atom. The van der Waals surface area contributed by atoms with Crippen molar-refractivity contribution < 1.29 is 13.2 Å². The maximum absolute atomic E-state index is 13.6. The SMILES string of the molecule is FC(F)(F)c1ccc2c(c1)c1cc(-c3ccc4sc5ccccc5c4c3)ccc1n2-c1ccccc1. The summed E-state index contributed by atoms with van der Waals surface area (Å²) < 4.78 is 45.4. The minimum atomic E-state index is -4.40. The van der Waals surface area contributed by atoms with E-state index in [9.17, 15) is 13.2 Å². The van der Waals surface area contributed by atoms with Crippen molar-refractivity contribution >= 4 is 53.3 Å². The van der Waals surface area contributed by atoms with E-state index >= 15 is 0 Å². The summed E-state index contributed by atoms with van der Waals surface area (Å²) in [5, 5.41) is 3.80. The fourth-order valence-electron chi connectivity index (χ4n) is 5.14. The highest BCUT2D eigenvalue weighted by molar-refractivity contribution is 7.25. The van der Waals surface area contributed by atoms with Gasteiger partial charge >= 0.3 is 6.18 Å². The van der Waals surface area contributed by atoms with E-state index in [1.165, 1.54) is 26.2 Å². The second kappa shape index (κ2) is 7.70. The van der Waals surface area contributed by atoms with Crippen molar-refractivity contribution in [2.45, 2.75) is 6.18 Å². The van der Waals surface area contributed by atoms with E-state index in [0.29, 0.717) is 5.39 Å². The monoisotopic (exact) mass is 493 g/mol. The molecule has 0 atom stereocenters. The zero-order valence-electron chi connectivity index (χ0n) is 18.9. The van der Waals surface area contributed by atoms with Gasteiger partial charge in [0, 0.05) is 36.6 Å². The van der Waals surface area contributed by atoms with Crippen LogP contribution in [0.5, 0.6) is 0 Å². The van der Waals surface area contributed by atoms with Gasteiger partial charge in [-0.25, -0.2) is 0 Å². The maximum Gasteiger partial charge on any atom is 0.416 e. The van der Waals surface area contributed by atoms with Crippen molar-refractivity contribution in [1.29, 1.82) is 0 Å². The van der Waals surface area contributed by atoms with Crippen LogP contribution in [-0.4, -0.2) is 4.57 Å². The molecule has 2 aromatic heterocycles. The summed E-state index contributed by atoms with van der Waals surface area (Å²) in [4.78, 5) is 0. The summed E-state index contributed by atoms with van der Waals surface area (Å²) in [5.74, 6) is 0. The molecule has 0 radical (unpaired) electrons. The number of fused-ring (bicyclic) bond motifs is 6. The summed E-state index contributed by atoms with van der Waals surface area (Å²) in [6, 6.07) is 34.6. The molecular weight excluding hydrogens is 475 g/mol. The molecule has 0 saturated carbocycles. The van der Waals surface area contributed by atoms with Crippen LogP contribution in [0.1, 0.15) is 5.56 Å². The van der Waals surface area contributed by atoms with E-state index in [1.54, 1.807) is 17.4 Å². The number of aromatic nitrogens is 1. The van der Waals surface area contributed by atoms with Crippen molar-refractivity contribution in [1.82, 2.24) is 4.57 Å². The van der Waals surface area contributed by atoms with E-state index in [4.69, 9.17) is 0 Å². The first-order valence-electron chi connectivity index (χ1n) is 11.6. The molecule has 5 heteroatoms. The van der Waals surface area contributed by atoms with Crippen molar-refractivity contribution in [2.24, 2.45) is 0 Å². The van der Waals surface area contributed by atoms with Gasteiger partial charge in [-0.3, -0.25) is 0 Å². The minimum absolute atomic E-state index is 0.590. The highest BCUT2D eigenvalue weighted by Gasteiger charge is 2.31. The first-order valence-corrected chi connectivity index (χ1v) is 12.4. The number of nitrogens with zero attached hydrogens (tertiary/aromatic N) is 1. The first-order chi connectivity index (χ1) is 17.5. The van der Waals surface area contributed by atoms with E-state index in [2.05, 4.69) is 36.4 Å². The molecule has 0 amide bonds. The Balaban J connectivity index is 1.50. The summed E-state index contributed by atoms with van der Waals surface area (Å²) in [6.45, 7) is 0. The molecule has 0 aliphatic rings. The Morgan fingerprint density at radius 3 is 1.92 bits per heavy atom. The Labute approximate surface area is 208 Å². The molecular formula is C31H18F3NS.